The maximum absolute atomic E-state index is 6.70. The molecule has 10 heteroatoms. The van der Waals surface area contributed by atoms with Gasteiger partial charge in [0.15, 0.2) is 34.9 Å². The molecule has 0 bridgehead atoms. The van der Waals surface area contributed by atoms with Gasteiger partial charge in [0.2, 0.25) is 0 Å². The van der Waals surface area contributed by atoms with E-state index in [0.29, 0.717) is 34.9 Å². The van der Waals surface area contributed by atoms with Gasteiger partial charge in [0, 0.05) is 109 Å². The Kier molecular flexibility index (Phi) is 18.4. The molecule has 0 aliphatic rings. The highest BCUT2D eigenvalue weighted by Crippen LogP contribution is 2.51. The fourth-order valence-electron chi connectivity index (χ4n) is 20.1. The molecule has 0 unspecified atom stereocenters. The highest BCUT2D eigenvalue weighted by Gasteiger charge is 2.27. The second kappa shape index (κ2) is 32.0. The van der Waals surface area contributed by atoms with Gasteiger partial charge < -0.3 is 8.83 Å². The molecule has 0 saturated carbocycles. The van der Waals surface area contributed by atoms with Gasteiger partial charge in [-0.05, 0) is 136 Å². The van der Waals surface area contributed by atoms with Crippen LogP contribution in [0.4, 0.5) is 0 Å². The molecule has 0 saturated heterocycles. The Morgan fingerprint density at radius 2 is 0.425 bits per heavy atom. The Bertz CT molecular complexity index is 9360. The summed E-state index contributed by atoms with van der Waals surface area (Å²) < 4.78 is 13.4. The Morgan fingerprint density at radius 3 is 0.858 bits per heavy atom. The second-order valence-corrected chi connectivity index (χ2v) is 34.2. The predicted octanol–water partition coefficient (Wildman–Crippen LogP) is 32.7. The second-order valence-electron chi connectivity index (χ2n) is 34.2. The van der Waals surface area contributed by atoms with Crippen LogP contribution in [0.3, 0.4) is 0 Å². The molecule has 10 nitrogen and oxygen atoms in total. The third kappa shape index (κ3) is 13.3. The number of rotatable bonds is 12. The minimum absolute atomic E-state index is 0.593. The molecular formula is C124H74N8O2. The van der Waals surface area contributed by atoms with Crippen molar-refractivity contribution in [2.45, 2.75) is 0 Å². The SMILES string of the molecule is c1ccc(-c2ccc(-c3c4c(cc5c(-c6ccc(-c7nc(-c8ccccc8)nc(-c8cc9ccccc9c9ccccc89)n7)cc6)nc6ccccc6c35)oc3ccccc34)cc2)cc1.c1ccc(-c2ccc(-c3c4c(cc5c(-c6ccc(-c7nc(-c8ccccc8)nc(-c8ccc9c%10ccccc%10c%10ccccc%10c9c8)n7)cc6)nc6ccccc6c35)oc3ccccc34)cc2)cc1. The minimum atomic E-state index is 0.593. The Labute approximate surface area is 768 Å². The number of benzene rings is 21. The van der Waals surface area contributed by atoms with E-state index >= 15 is 0 Å². The van der Waals surface area contributed by atoms with Crippen LogP contribution in [0.15, 0.2) is 458 Å². The number of furan rings is 2. The summed E-state index contributed by atoms with van der Waals surface area (Å²) in [7, 11) is 0. The Morgan fingerprint density at radius 1 is 0.142 bits per heavy atom. The number of para-hydroxylation sites is 4. The summed E-state index contributed by atoms with van der Waals surface area (Å²) in [5.74, 6) is 3.66. The van der Waals surface area contributed by atoms with Crippen LogP contribution >= 0.6 is 0 Å². The van der Waals surface area contributed by atoms with Gasteiger partial charge in [-0.1, -0.05) is 400 Å². The van der Waals surface area contributed by atoms with Crippen molar-refractivity contribution in [2.24, 2.45) is 0 Å². The molecule has 0 amide bonds. The fraction of sp³-hybridized carbons (Fsp3) is 0. The van der Waals surface area contributed by atoms with E-state index in [1.807, 2.05) is 72.8 Å². The molecule has 0 fully saturated rings. The number of aromatic nitrogens is 8. The van der Waals surface area contributed by atoms with Crippen molar-refractivity contribution >= 4 is 141 Å². The van der Waals surface area contributed by atoms with Crippen molar-refractivity contribution in [2.75, 3.05) is 0 Å². The van der Waals surface area contributed by atoms with E-state index in [2.05, 4.69) is 376 Å². The molecule has 0 aliphatic carbocycles. The Balaban J connectivity index is 0.000000140. The summed E-state index contributed by atoms with van der Waals surface area (Å²) >= 11 is 0. The lowest BCUT2D eigenvalue weighted by Gasteiger charge is -2.16. The maximum Gasteiger partial charge on any atom is 0.164 e. The highest BCUT2D eigenvalue weighted by molar-refractivity contribution is 6.31. The van der Waals surface area contributed by atoms with Gasteiger partial charge >= 0.3 is 0 Å². The number of hydrogen-bond donors (Lipinski definition) is 0. The van der Waals surface area contributed by atoms with Gasteiger partial charge in [0.1, 0.15) is 22.3 Å². The molecule has 0 atom stereocenters. The third-order valence-corrected chi connectivity index (χ3v) is 26.4. The van der Waals surface area contributed by atoms with Gasteiger partial charge in [0.25, 0.3) is 0 Å². The van der Waals surface area contributed by atoms with Crippen LogP contribution in [-0.2, 0) is 0 Å². The molecule has 6 aromatic heterocycles. The fourth-order valence-corrected chi connectivity index (χ4v) is 20.1. The average molecular weight is 1710 g/mol. The van der Waals surface area contributed by atoms with Crippen LogP contribution in [0.5, 0.6) is 0 Å². The molecule has 134 heavy (non-hydrogen) atoms. The van der Waals surface area contributed by atoms with Gasteiger partial charge in [-0.15, -0.1) is 0 Å². The van der Waals surface area contributed by atoms with Crippen LogP contribution in [0, 0.1) is 0 Å². The first kappa shape index (κ1) is 77.1. The van der Waals surface area contributed by atoms with Gasteiger partial charge in [-0.2, -0.15) is 0 Å². The van der Waals surface area contributed by atoms with Gasteiger partial charge in [0.05, 0.1) is 22.4 Å². The summed E-state index contributed by atoms with van der Waals surface area (Å²) in [6, 6.07) is 157. The quantitative estimate of drug-likeness (QED) is 0.109. The van der Waals surface area contributed by atoms with Gasteiger partial charge in [-0.3, -0.25) is 0 Å². The van der Waals surface area contributed by atoms with Crippen molar-refractivity contribution in [3.8, 4) is 135 Å². The lowest BCUT2D eigenvalue weighted by molar-refractivity contribution is 0.669. The number of hydrogen-bond acceptors (Lipinski definition) is 10. The molecule has 0 radical (unpaired) electrons. The zero-order valence-electron chi connectivity index (χ0n) is 72.1. The summed E-state index contributed by atoms with van der Waals surface area (Å²) in [4.78, 5) is 41.8. The zero-order chi connectivity index (χ0) is 88.3. The zero-order valence-corrected chi connectivity index (χ0v) is 72.1. The van der Waals surface area contributed by atoms with Crippen molar-refractivity contribution in [3.63, 3.8) is 0 Å². The molecule has 6 heterocycles. The first-order valence-corrected chi connectivity index (χ1v) is 45.2. The number of fused-ring (bicyclic) bond motifs is 21. The van der Waals surface area contributed by atoms with Crippen molar-refractivity contribution < 1.29 is 8.83 Å². The summed E-state index contributed by atoms with van der Waals surface area (Å²) in [5, 5.41) is 22.7. The standard InChI is InChI=1S/C64H38N4O.C60H36N4O/c1-3-15-39(16-4-1)40-27-29-41(30-28-40)58-59-51-23-11-13-25-55(51)65-61(54(59)38-57-60(58)52-24-12-14-26-56(52)69-57)42-31-33-44(34-32-42)63-66-62(43-17-5-2-6-18-43)67-64(68-63)45-35-36-50-48-21-8-7-19-46(48)47-20-9-10-22-49(47)53(50)37-45;1-3-15-37(16-4-1)38-27-29-39(30-28-38)54-55-47-23-11-13-25-51(47)61-57(50(55)36-53-56(54)48-24-12-14-26-52(48)65-53)40-31-33-42(34-32-40)59-62-58(41-17-5-2-6-18-41)63-60(64-59)49-35-43-19-7-8-20-44(43)45-21-9-10-22-46(45)49/h1-38H;1-36H. The van der Waals surface area contributed by atoms with E-state index in [0.717, 1.165) is 187 Å². The van der Waals surface area contributed by atoms with E-state index in [4.69, 9.17) is 48.7 Å². The lowest BCUT2D eigenvalue weighted by Crippen LogP contribution is -2.01. The van der Waals surface area contributed by atoms with E-state index in [1.165, 1.54) is 54.6 Å². The van der Waals surface area contributed by atoms with Crippen LogP contribution < -0.4 is 0 Å². The summed E-state index contributed by atoms with van der Waals surface area (Å²) in [6.07, 6.45) is 0. The average Bonchev–Trinajstić information content (AvgIpc) is 1.55. The topological polar surface area (TPSA) is 129 Å². The molecule has 0 aliphatic heterocycles. The maximum atomic E-state index is 6.70. The molecule has 622 valence electrons. The monoisotopic (exact) mass is 1710 g/mol. The van der Waals surface area contributed by atoms with E-state index in [-0.39, 0.29) is 0 Å². The first-order valence-electron chi connectivity index (χ1n) is 45.2. The summed E-state index contributed by atoms with van der Waals surface area (Å²) in [5.41, 5.74) is 23.6. The van der Waals surface area contributed by atoms with Crippen molar-refractivity contribution in [1.82, 2.24) is 39.9 Å². The van der Waals surface area contributed by atoms with Crippen molar-refractivity contribution in [1.29, 1.82) is 0 Å². The van der Waals surface area contributed by atoms with Crippen LogP contribution in [0.2, 0.25) is 0 Å². The summed E-state index contributed by atoms with van der Waals surface area (Å²) in [6.45, 7) is 0. The molecule has 21 aromatic carbocycles. The predicted molar refractivity (Wildman–Crippen MR) is 553 cm³/mol. The number of nitrogens with zero attached hydrogens (tertiary/aromatic N) is 8. The smallest absolute Gasteiger partial charge is 0.164 e. The van der Waals surface area contributed by atoms with Crippen LogP contribution in [-0.4, -0.2) is 39.9 Å². The largest absolute Gasteiger partial charge is 0.456 e. The van der Waals surface area contributed by atoms with E-state index in [9.17, 15) is 0 Å². The molecule has 0 spiro atoms. The van der Waals surface area contributed by atoms with Crippen LogP contribution in [0.25, 0.3) is 276 Å². The van der Waals surface area contributed by atoms with Crippen LogP contribution in [0.1, 0.15) is 0 Å². The molecule has 27 aromatic rings. The lowest BCUT2D eigenvalue weighted by atomic mass is 9.89. The highest BCUT2D eigenvalue weighted by atomic mass is 16.3. The molecule has 0 N–H and O–H groups in total. The van der Waals surface area contributed by atoms with E-state index < -0.39 is 0 Å². The first-order chi connectivity index (χ1) is 66.4. The van der Waals surface area contributed by atoms with Gasteiger partial charge in [-0.25, -0.2) is 39.9 Å². The normalized spacial score (nSPS) is 11.7. The van der Waals surface area contributed by atoms with Crippen molar-refractivity contribution in [3.05, 3.63) is 449 Å². The minimum Gasteiger partial charge on any atom is -0.456 e. The Hall–Kier alpha value is -18.1. The molecule has 27 rings (SSSR count). The number of pyridine rings is 2. The van der Waals surface area contributed by atoms with E-state index in [1.54, 1.807) is 0 Å². The molecular weight excluding hydrogens is 1630 g/mol. The third-order valence-electron chi connectivity index (χ3n) is 26.4.